The molecule has 1 rings (SSSR count). The molecule has 0 fully saturated rings. The number of rotatable bonds is 7. The maximum Gasteiger partial charge on any atom is 0.317 e. The summed E-state index contributed by atoms with van der Waals surface area (Å²) in [5, 5.41) is 27.8. The van der Waals surface area contributed by atoms with Gasteiger partial charge in [0.1, 0.15) is 29.4 Å². The van der Waals surface area contributed by atoms with Gasteiger partial charge in [-0.1, -0.05) is 30.3 Å². The van der Waals surface area contributed by atoms with Crippen LogP contribution in [0.1, 0.15) is 25.3 Å². The van der Waals surface area contributed by atoms with E-state index in [2.05, 4.69) is 0 Å². The van der Waals surface area contributed by atoms with Gasteiger partial charge in [0.2, 0.25) is 0 Å². The minimum Gasteiger partial charge on any atom is -0.465 e. The molecule has 26 heavy (non-hydrogen) atoms. The number of ketones is 1. The smallest absolute Gasteiger partial charge is 0.317 e. The second-order valence-corrected chi connectivity index (χ2v) is 5.44. The van der Waals surface area contributed by atoms with E-state index in [1.54, 1.807) is 49.4 Å². The van der Waals surface area contributed by atoms with Crippen molar-refractivity contribution < 1.29 is 14.3 Å². The van der Waals surface area contributed by atoms with Crippen molar-refractivity contribution in [3.05, 3.63) is 47.2 Å². The van der Waals surface area contributed by atoms with E-state index >= 15 is 0 Å². The van der Waals surface area contributed by atoms with E-state index in [0.717, 1.165) is 0 Å². The number of ether oxygens (including phenoxy) is 1. The summed E-state index contributed by atoms with van der Waals surface area (Å²) in [6.07, 6.45) is 0. The molecule has 0 heterocycles. The molecule has 0 spiro atoms. The molecular formula is C19H18N4O3. The summed E-state index contributed by atoms with van der Waals surface area (Å²) in [5.41, 5.74) is 5.69. The lowest BCUT2D eigenvalue weighted by Gasteiger charge is -2.28. The quantitative estimate of drug-likeness (QED) is 0.450. The van der Waals surface area contributed by atoms with Crippen molar-refractivity contribution in [3.63, 3.8) is 0 Å². The van der Waals surface area contributed by atoms with Crippen LogP contribution in [0.15, 0.2) is 41.6 Å². The zero-order chi connectivity index (χ0) is 19.7. The van der Waals surface area contributed by atoms with Crippen molar-refractivity contribution in [1.82, 2.24) is 0 Å². The summed E-state index contributed by atoms with van der Waals surface area (Å²) in [6, 6.07) is 13.6. The summed E-state index contributed by atoms with van der Waals surface area (Å²) in [4.78, 5) is 24.6. The number of esters is 1. The van der Waals surface area contributed by atoms with Gasteiger partial charge in [-0.2, -0.15) is 15.8 Å². The Kier molecular flexibility index (Phi) is 7.55. The average molecular weight is 350 g/mol. The maximum atomic E-state index is 12.4. The van der Waals surface area contributed by atoms with Crippen LogP contribution in [0.5, 0.6) is 0 Å². The van der Waals surface area contributed by atoms with E-state index in [1.807, 2.05) is 6.07 Å². The topological polar surface area (TPSA) is 141 Å². The van der Waals surface area contributed by atoms with Crippen molar-refractivity contribution >= 4 is 11.8 Å². The van der Waals surface area contributed by atoms with E-state index in [-0.39, 0.29) is 12.3 Å². The lowest BCUT2D eigenvalue weighted by molar-refractivity contribution is -0.152. The maximum absolute atomic E-state index is 12.4. The van der Waals surface area contributed by atoms with Crippen LogP contribution in [0.3, 0.4) is 0 Å². The molecule has 0 saturated heterocycles. The fourth-order valence-corrected chi connectivity index (χ4v) is 2.70. The molecule has 0 aliphatic heterocycles. The molecule has 0 aliphatic rings. The number of nitriles is 3. The predicted molar refractivity (Wildman–Crippen MR) is 91.5 cm³/mol. The number of allylic oxidation sites excluding steroid dienone is 2. The Morgan fingerprint density at radius 2 is 1.73 bits per heavy atom. The highest BCUT2D eigenvalue weighted by molar-refractivity contribution is 5.99. The van der Waals surface area contributed by atoms with Crippen LogP contribution < -0.4 is 5.73 Å². The molecule has 1 aromatic carbocycles. The molecule has 1 aromatic rings. The van der Waals surface area contributed by atoms with Gasteiger partial charge in [-0.25, -0.2) is 0 Å². The highest BCUT2D eigenvalue weighted by Gasteiger charge is 2.41. The normalized spacial score (nSPS) is 13.0. The highest BCUT2D eigenvalue weighted by Crippen LogP contribution is 2.37. The first kappa shape index (κ1) is 20.4. The van der Waals surface area contributed by atoms with E-state index in [4.69, 9.17) is 21.0 Å². The number of carbonyl (C=O) groups excluding carboxylic acids is 2. The fourth-order valence-electron chi connectivity index (χ4n) is 2.70. The molecule has 0 amide bonds. The SMILES string of the molecule is CCOC(=O)[C@@H](C(C)=O)[C@@H](c1ccccc1)[C@@H](C#N)C(N)=C(C#N)C#N. The molecule has 0 unspecified atom stereocenters. The highest BCUT2D eigenvalue weighted by atomic mass is 16.5. The first-order chi connectivity index (χ1) is 12.4. The minimum atomic E-state index is -1.29. The second-order valence-electron chi connectivity index (χ2n) is 5.44. The molecule has 2 N–H and O–H groups in total. The van der Waals surface area contributed by atoms with Gasteiger partial charge < -0.3 is 10.5 Å². The fraction of sp³-hybridized carbons (Fsp3) is 0.316. The zero-order valence-electron chi connectivity index (χ0n) is 14.5. The van der Waals surface area contributed by atoms with Crippen LogP contribution in [0.25, 0.3) is 0 Å². The summed E-state index contributed by atoms with van der Waals surface area (Å²) in [5.74, 6) is -4.79. The monoisotopic (exact) mass is 350 g/mol. The number of Topliss-reactive ketones (excluding diaryl/α,β-unsaturated/α-hetero) is 1. The standard InChI is InChI=1S/C19H18N4O3/c1-3-26-19(25)16(12(2)24)17(13-7-5-4-6-8-13)15(11-22)18(23)14(9-20)10-21/h4-8,15-17H,3,23H2,1-2H3/t15-,16+,17+/m1/s1. The third kappa shape index (κ3) is 4.47. The number of hydrogen-bond acceptors (Lipinski definition) is 7. The molecule has 132 valence electrons. The molecule has 0 saturated carbocycles. The van der Waals surface area contributed by atoms with Crippen LogP contribution in [0.2, 0.25) is 0 Å². The van der Waals surface area contributed by atoms with Gasteiger partial charge in [0.15, 0.2) is 0 Å². The molecule has 0 bridgehead atoms. The average Bonchev–Trinajstić information content (AvgIpc) is 2.63. The van der Waals surface area contributed by atoms with Crippen LogP contribution in [0, 0.1) is 45.8 Å². The molecule has 7 heteroatoms. The minimum absolute atomic E-state index is 0.0638. The molecule has 0 radical (unpaired) electrons. The van der Waals surface area contributed by atoms with Crippen LogP contribution in [-0.4, -0.2) is 18.4 Å². The van der Waals surface area contributed by atoms with Crippen molar-refractivity contribution in [2.75, 3.05) is 6.61 Å². The van der Waals surface area contributed by atoms with Crippen LogP contribution >= 0.6 is 0 Å². The van der Waals surface area contributed by atoms with Gasteiger partial charge in [0.05, 0.1) is 24.3 Å². The Labute approximate surface area is 151 Å². The van der Waals surface area contributed by atoms with Crippen molar-refractivity contribution in [2.45, 2.75) is 19.8 Å². The van der Waals surface area contributed by atoms with Crippen molar-refractivity contribution in [1.29, 1.82) is 15.8 Å². The van der Waals surface area contributed by atoms with E-state index in [9.17, 15) is 14.9 Å². The van der Waals surface area contributed by atoms with E-state index in [1.165, 1.54) is 6.92 Å². The third-order valence-corrected chi connectivity index (χ3v) is 3.87. The molecule has 7 nitrogen and oxygen atoms in total. The van der Waals surface area contributed by atoms with Crippen molar-refractivity contribution in [3.8, 4) is 18.2 Å². The Balaban J connectivity index is 3.66. The number of carbonyl (C=O) groups is 2. The summed E-state index contributed by atoms with van der Waals surface area (Å²) >= 11 is 0. The zero-order valence-corrected chi connectivity index (χ0v) is 14.5. The number of benzene rings is 1. The van der Waals surface area contributed by atoms with E-state index in [0.29, 0.717) is 5.56 Å². The Hall–Kier alpha value is -3.63. The van der Waals surface area contributed by atoms with E-state index < -0.39 is 35.1 Å². The van der Waals surface area contributed by atoms with Gasteiger partial charge in [-0.3, -0.25) is 9.59 Å². The largest absolute Gasteiger partial charge is 0.465 e. The number of nitrogens with zero attached hydrogens (tertiary/aromatic N) is 3. The Morgan fingerprint density at radius 3 is 2.15 bits per heavy atom. The van der Waals surface area contributed by atoms with Gasteiger partial charge in [0.25, 0.3) is 0 Å². The number of hydrogen-bond donors (Lipinski definition) is 1. The molecular weight excluding hydrogens is 332 g/mol. The number of nitrogens with two attached hydrogens (primary N) is 1. The first-order valence-electron chi connectivity index (χ1n) is 7.84. The summed E-state index contributed by atoms with van der Waals surface area (Å²) in [7, 11) is 0. The van der Waals surface area contributed by atoms with Crippen molar-refractivity contribution in [2.24, 2.45) is 17.6 Å². The molecule has 0 aliphatic carbocycles. The predicted octanol–water partition coefficient (Wildman–Crippen LogP) is 1.94. The Morgan fingerprint density at radius 1 is 1.15 bits per heavy atom. The second kappa shape index (κ2) is 9.61. The van der Waals surface area contributed by atoms with Gasteiger partial charge >= 0.3 is 5.97 Å². The Bertz CT molecular complexity index is 809. The van der Waals surface area contributed by atoms with Crippen LogP contribution in [0.4, 0.5) is 0 Å². The van der Waals surface area contributed by atoms with Gasteiger partial charge in [0, 0.05) is 5.92 Å². The van der Waals surface area contributed by atoms with Gasteiger partial charge in [-0.05, 0) is 19.4 Å². The summed E-state index contributed by atoms with van der Waals surface area (Å²) < 4.78 is 5.00. The third-order valence-electron chi connectivity index (χ3n) is 3.87. The first-order valence-corrected chi connectivity index (χ1v) is 7.84. The van der Waals surface area contributed by atoms with Crippen LogP contribution in [-0.2, 0) is 14.3 Å². The summed E-state index contributed by atoms with van der Waals surface area (Å²) in [6.45, 7) is 2.89. The molecule has 0 aromatic heterocycles. The molecule has 3 atom stereocenters. The lowest BCUT2D eigenvalue weighted by Crippen LogP contribution is -2.36. The lowest BCUT2D eigenvalue weighted by atomic mass is 9.74. The van der Waals surface area contributed by atoms with Gasteiger partial charge in [-0.15, -0.1) is 0 Å².